The highest BCUT2D eigenvalue weighted by atomic mass is 35.5. The van der Waals surface area contributed by atoms with Crippen LogP contribution in [0.3, 0.4) is 0 Å². The van der Waals surface area contributed by atoms with Crippen molar-refractivity contribution in [1.82, 2.24) is 5.32 Å². The van der Waals surface area contributed by atoms with Crippen molar-refractivity contribution < 1.29 is 4.79 Å². The molecule has 1 atom stereocenters. The Bertz CT molecular complexity index is 376. The summed E-state index contributed by atoms with van der Waals surface area (Å²) in [6.45, 7) is 5.58. The minimum atomic E-state index is -0.545. The number of alkyl halides is 1. The predicted molar refractivity (Wildman–Crippen MR) is 70.4 cm³/mol. The van der Waals surface area contributed by atoms with Gasteiger partial charge in [-0.2, -0.15) is 0 Å². The fourth-order valence-corrected chi connectivity index (χ4v) is 2.27. The van der Waals surface area contributed by atoms with Crippen molar-refractivity contribution in [2.75, 3.05) is 5.88 Å². The number of carbonyl (C=O) groups excluding carboxylic acids is 1. The minimum absolute atomic E-state index is 0.0347. The SMILES string of the molecule is CC(NC(=O)C(C)(C)CCl)c1ccc(Cl)s1. The van der Waals surface area contributed by atoms with Crippen LogP contribution in [0.5, 0.6) is 0 Å². The lowest BCUT2D eigenvalue weighted by Gasteiger charge is -2.23. The fourth-order valence-electron chi connectivity index (χ4n) is 1.08. The minimum Gasteiger partial charge on any atom is -0.348 e. The van der Waals surface area contributed by atoms with Crippen LogP contribution in [0.25, 0.3) is 0 Å². The van der Waals surface area contributed by atoms with E-state index in [2.05, 4.69) is 5.32 Å². The zero-order chi connectivity index (χ0) is 12.3. The number of hydrogen-bond acceptors (Lipinski definition) is 2. The molecule has 1 aromatic rings. The van der Waals surface area contributed by atoms with Crippen molar-refractivity contribution in [2.24, 2.45) is 5.41 Å². The molecule has 1 unspecified atom stereocenters. The Hall–Kier alpha value is -0.250. The molecule has 0 bridgehead atoms. The highest BCUT2D eigenvalue weighted by Gasteiger charge is 2.27. The topological polar surface area (TPSA) is 29.1 Å². The van der Waals surface area contributed by atoms with E-state index in [1.165, 1.54) is 11.3 Å². The van der Waals surface area contributed by atoms with Gasteiger partial charge in [0.2, 0.25) is 5.91 Å². The number of hydrogen-bond donors (Lipinski definition) is 1. The van der Waals surface area contributed by atoms with Gasteiger partial charge in [0.05, 0.1) is 15.8 Å². The predicted octanol–water partition coefficient (Wildman–Crippen LogP) is 3.84. The van der Waals surface area contributed by atoms with Gasteiger partial charge < -0.3 is 5.32 Å². The lowest BCUT2D eigenvalue weighted by atomic mass is 9.95. The quantitative estimate of drug-likeness (QED) is 0.834. The zero-order valence-corrected chi connectivity index (χ0v) is 11.8. The zero-order valence-electron chi connectivity index (χ0n) is 9.51. The Morgan fingerprint density at radius 3 is 2.62 bits per heavy atom. The average Bonchev–Trinajstić information content (AvgIpc) is 2.64. The van der Waals surface area contributed by atoms with Gasteiger partial charge in [0.1, 0.15) is 0 Å². The Kier molecular flexibility index (Phi) is 4.65. The van der Waals surface area contributed by atoms with Crippen molar-refractivity contribution >= 4 is 40.4 Å². The lowest BCUT2D eigenvalue weighted by Crippen LogP contribution is -2.39. The molecule has 0 aliphatic heterocycles. The normalized spacial score (nSPS) is 13.6. The summed E-state index contributed by atoms with van der Waals surface area (Å²) in [5.41, 5.74) is -0.545. The molecule has 0 saturated heterocycles. The number of amides is 1. The maximum absolute atomic E-state index is 11.9. The van der Waals surface area contributed by atoms with Gasteiger partial charge in [-0.15, -0.1) is 22.9 Å². The van der Waals surface area contributed by atoms with Gasteiger partial charge in [0.15, 0.2) is 0 Å². The molecule has 0 radical (unpaired) electrons. The van der Waals surface area contributed by atoms with Crippen LogP contribution < -0.4 is 5.32 Å². The van der Waals surface area contributed by atoms with Gasteiger partial charge in [0.25, 0.3) is 0 Å². The van der Waals surface area contributed by atoms with E-state index >= 15 is 0 Å². The monoisotopic (exact) mass is 279 g/mol. The first kappa shape index (κ1) is 13.8. The van der Waals surface area contributed by atoms with Gasteiger partial charge in [-0.25, -0.2) is 0 Å². The molecule has 90 valence electrons. The van der Waals surface area contributed by atoms with E-state index in [0.717, 1.165) is 9.21 Å². The van der Waals surface area contributed by atoms with Crippen molar-refractivity contribution in [2.45, 2.75) is 26.8 Å². The van der Waals surface area contributed by atoms with E-state index in [9.17, 15) is 4.79 Å². The first-order valence-corrected chi connectivity index (χ1v) is 6.72. The molecule has 1 amide bonds. The lowest BCUT2D eigenvalue weighted by molar-refractivity contribution is -0.128. The second-order valence-electron chi connectivity index (χ2n) is 4.35. The van der Waals surface area contributed by atoms with Gasteiger partial charge >= 0.3 is 0 Å². The Labute approximate surface area is 110 Å². The van der Waals surface area contributed by atoms with Gasteiger partial charge in [-0.05, 0) is 32.9 Å². The van der Waals surface area contributed by atoms with Crippen LogP contribution in [-0.4, -0.2) is 11.8 Å². The molecule has 0 aliphatic carbocycles. The molecule has 1 heterocycles. The summed E-state index contributed by atoms with van der Waals surface area (Å²) in [6.07, 6.45) is 0. The van der Waals surface area contributed by atoms with E-state index in [4.69, 9.17) is 23.2 Å². The molecule has 1 N–H and O–H groups in total. The fraction of sp³-hybridized carbons (Fsp3) is 0.545. The smallest absolute Gasteiger partial charge is 0.227 e. The van der Waals surface area contributed by atoms with Crippen molar-refractivity contribution in [3.8, 4) is 0 Å². The summed E-state index contributed by atoms with van der Waals surface area (Å²) in [4.78, 5) is 12.9. The molecule has 0 fully saturated rings. The van der Waals surface area contributed by atoms with Crippen molar-refractivity contribution in [3.05, 3.63) is 21.3 Å². The van der Waals surface area contributed by atoms with Crippen LogP contribution >= 0.6 is 34.5 Å². The molecular weight excluding hydrogens is 265 g/mol. The molecule has 16 heavy (non-hydrogen) atoms. The van der Waals surface area contributed by atoms with Gasteiger partial charge in [0, 0.05) is 10.8 Å². The first-order chi connectivity index (χ1) is 7.36. The molecular formula is C11H15Cl2NOS. The summed E-state index contributed by atoms with van der Waals surface area (Å²) in [6, 6.07) is 3.72. The second kappa shape index (κ2) is 5.39. The first-order valence-electron chi connectivity index (χ1n) is 4.99. The molecule has 0 aliphatic rings. The van der Waals surface area contributed by atoms with E-state index in [1.54, 1.807) is 0 Å². The van der Waals surface area contributed by atoms with Crippen molar-refractivity contribution in [1.29, 1.82) is 0 Å². The molecule has 1 aromatic heterocycles. The highest BCUT2D eigenvalue weighted by Crippen LogP contribution is 2.27. The third-order valence-corrected chi connectivity index (χ3v) is 4.40. The Balaban J connectivity index is 2.65. The Morgan fingerprint density at radius 1 is 1.56 bits per heavy atom. The van der Waals surface area contributed by atoms with E-state index < -0.39 is 5.41 Å². The van der Waals surface area contributed by atoms with Crippen LogP contribution in [0, 0.1) is 5.41 Å². The Morgan fingerprint density at radius 2 is 2.19 bits per heavy atom. The van der Waals surface area contributed by atoms with Crippen molar-refractivity contribution in [3.63, 3.8) is 0 Å². The third-order valence-electron chi connectivity index (χ3n) is 2.32. The second-order valence-corrected chi connectivity index (χ2v) is 6.37. The number of carbonyl (C=O) groups is 1. The summed E-state index contributed by atoms with van der Waals surface area (Å²) >= 11 is 13.1. The summed E-state index contributed by atoms with van der Waals surface area (Å²) < 4.78 is 0.729. The number of rotatable bonds is 4. The number of nitrogens with one attached hydrogen (secondary N) is 1. The average molecular weight is 280 g/mol. The molecule has 5 heteroatoms. The van der Waals surface area contributed by atoms with Gasteiger partial charge in [-0.3, -0.25) is 4.79 Å². The molecule has 1 rings (SSSR count). The van der Waals surface area contributed by atoms with E-state index in [0.29, 0.717) is 5.88 Å². The summed E-state index contributed by atoms with van der Waals surface area (Å²) in [7, 11) is 0. The van der Waals surface area contributed by atoms with Crippen LogP contribution in [0.4, 0.5) is 0 Å². The van der Waals surface area contributed by atoms with Crippen LogP contribution in [0.1, 0.15) is 31.7 Å². The standard InChI is InChI=1S/C11H15Cl2NOS/c1-7(8-4-5-9(13)16-8)14-10(15)11(2,3)6-12/h4-5,7H,6H2,1-3H3,(H,14,15). The highest BCUT2D eigenvalue weighted by molar-refractivity contribution is 7.16. The van der Waals surface area contributed by atoms with Gasteiger partial charge in [-0.1, -0.05) is 11.6 Å². The summed E-state index contributed by atoms with van der Waals surface area (Å²) in [5, 5.41) is 2.93. The third kappa shape index (κ3) is 3.37. The molecule has 2 nitrogen and oxygen atoms in total. The van der Waals surface area contributed by atoms with Crippen LogP contribution in [0.2, 0.25) is 4.34 Å². The number of halogens is 2. The molecule has 0 spiro atoms. The maximum atomic E-state index is 11.9. The molecule has 0 saturated carbocycles. The van der Waals surface area contributed by atoms with E-state index in [1.807, 2.05) is 32.9 Å². The van der Waals surface area contributed by atoms with Crippen LogP contribution in [0.15, 0.2) is 12.1 Å². The summed E-state index contributed by atoms with van der Waals surface area (Å²) in [5.74, 6) is 0.260. The largest absolute Gasteiger partial charge is 0.348 e. The maximum Gasteiger partial charge on any atom is 0.227 e. The number of thiophene rings is 1. The molecule has 0 aromatic carbocycles. The van der Waals surface area contributed by atoms with Crippen LogP contribution in [-0.2, 0) is 4.79 Å². The van der Waals surface area contributed by atoms with E-state index in [-0.39, 0.29) is 11.9 Å².